The Labute approximate surface area is 513 Å². The minimum absolute atomic E-state index is 0.0198. The molecule has 0 aliphatic rings. The average molecular weight is 1160 g/mol. The van der Waals surface area contributed by atoms with Crippen molar-refractivity contribution in [2.45, 2.75) is 413 Å². The molecule has 8 heteroatoms. The van der Waals surface area contributed by atoms with Crippen molar-refractivity contribution in [2.75, 3.05) is 39.3 Å². The summed E-state index contributed by atoms with van der Waals surface area (Å²) in [6.45, 7) is 12.7. The van der Waals surface area contributed by atoms with E-state index in [9.17, 15) is 19.2 Å². The number of nitrogens with two attached hydrogens (primary N) is 1. The first-order valence-electron chi connectivity index (χ1n) is 37.4. The number of carbonyl (C=O) groups excluding carboxylic acids is 4. The van der Waals surface area contributed by atoms with Crippen LogP contribution in [0.4, 0.5) is 0 Å². The second-order valence-corrected chi connectivity index (χ2v) is 25.9. The highest BCUT2D eigenvalue weighted by atomic mass is 16.2. The molecular formula is C74H146N4O4. The van der Waals surface area contributed by atoms with Gasteiger partial charge in [-0.3, -0.25) is 24.1 Å². The fourth-order valence-electron chi connectivity index (χ4n) is 12.2. The van der Waals surface area contributed by atoms with Crippen molar-refractivity contribution in [3.63, 3.8) is 0 Å². The molecule has 82 heavy (non-hydrogen) atoms. The predicted molar refractivity (Wildman–Crippen MR) is 359 cm³/mol. The van der Waals surface area contributed by atoms with Crippen LogP contribution in [0, 0.1) is 0 Å². The standard InChI is InChI=1S/C74H146N4O4/c1-5-9-13-17-21-25-29-33-37-41-45-49-53-61-71(79)76(68-59-65-75)66-57-58-67-77(72(80)62-54-50-46-42-38-34-30-26-22-18-14-10-6-2)69-60-70-78(73(81)63-55-51-47-43-39-35-31-27-23-19-15-11-7-3)74(82)64-56-52-48-44-40-36-32-28-24-20-16-12-8-4/h5-70,75H2,1-4H3. The van der Waals surface area contributed by atoms with Gasteiger partial charge in [0.25, 0.3) is 0 Å². The van der Waals surface area contributed by atoms with Gasteiger partial charge in [-0.25, -0.2) is 0 Å². The van der Waals surface area contributed by atoms with Gasteiger partial charge >= 0.3 is 0 Å². The molecule has 0 spiro atoms. The second kappa shape index (κ2) is 66.6. The van der Waals surface area contributed by atoms with E-state index in [2.05, 4.69) is 27.7 Å². The molecule has 0 aromatic heterocycles. The van der Waals surface area contributed by atoms with Gasteiger partial charge in [-0.05, 0) is 57.9 Å². The lowest BCUT2D eigenvalue weighted by Gasteiger charge is -2.27. The Kier molecular flexibility index (Phi) is 65.0. The molecule has 0 fully saturated rings. The van der Waals surface area contributed by atoms with Crippen molar-refractivity contribution in [1.29, 1.82) is 0 Å². The lowest BCUT2D eigenvalue weighted by molar-refractivity contribution is -0.145. The molecule has 8 nitrogen and oxygen atoms in total. The quantitative estimate of drug-likeness (QED) is 0.0611. The van der Waals surface area contributed by atoms with Gasteiger partial charge in [0, 0.05) is 58.4 Å². The number of amides is 4. The number of unbranched alkanes of at least 4 members (excludes halogenated alkanes) is 49. The minimum Gasteiger partial charge on any atom is -0.343 e. The van der Waals surface area contributed by atoms with E-state index in [1.807, 2.05) is 9.80 Å². The first-order chi connectivity index (χ1) is 40.4. The maximum absolute atomic E-state index is 14.1. The van der Waals surface area contributed by atoms with Gasteiger partial charge in [-0.15, -0.1) is 0 Å². The van der Waals surface area contributed by atoms with Gasteiger partial charge in [-0.2, -0.15) is 0 Å². The summed E-state index contributed by atoms with van der Waals surface area (Å²) in [5.74, 6) is 0.408. The highest BCUT2D eigenvalue weighted by Crippen LogP contribution is 2.20. The summed E-state index contributed by atoms with van der Waals surface area (Å²) in [6.07, 6.45) is 71.4. The molecule has 0 heterocycles. The van der Waals surface area contributed by atoms with Crippen LogP contribution >= 0.6 is 0 Å². The summed E-state index contributed by atoms with van der Waals surface area (Å²) >= 11 is 0. The van der Waals surface area contributed by atoms with Crippen LogP contribution in [0.5, 0.6) is 0 Å². The zero-order chi connectivity index (χ0) is 59.7. The molecule has 0 aliphatic carbocycles. The Morgan fingerprint density at radius 1 is 0.207 bits per heavy atom. The minimum atomic E-state index is -0.0198. The van der Waals surface area contributed by atoms with Crippen LogP contribution in [0.15, 0.2) is 0 Å². The molecule has 0 saturated heterocycles. The van der Waals surface area contributed by atoms with Crippen LogP contribution < -0.4 is 5.73 Å². The molecule has 0 radical (unpaired) electrons. The SMILES string of the molecule is CCCCCCCCCCCCCCCC(=O)N(CCCN)CCCCN(CCCN(C(=O)CCCCCCCCCCCCCCC)C(=O)CCCCCCCCCCCCCCC)C(=O)CCCCCCCCCCCCCCC. The average Bonchev–Trinajstić information content (AvgIpc) is 3.51. The molecule has 0 aliphatic heterocycles. The summed E-state index contributed by atoms with van der Waals surface area (Å²) in [6, 6.07) is 0. The summed E-state index contributed by atoms with van der Waals surface area (Å²) < 4.78 is 0. The normalized spacial score (nSPS) is 11.5. The molecule has 0 aromatic rings. The molecule has 0 unspecified atom stereocenters. The first kappa shape index (κ1) is 80.0. The number of nitrogens with zero attached hydrogens (tertiary/aromatic N) is 3. The highest BCUT2D eigenvalue weighted by molar-refractivity contribution is 5.95. The summed E-state index contributed by atoms with van der Waals surface area (Å²) in [4.78, 5) is 61.2. The second-order valence-electron chi connectivity index (χ2n) is 25.9. The Morgan fingerprint density at radius 2 is 0.390 bits per heavy atom. The van der Waals surface area contributed by atoms with Gasteiger partial charge < -0.3 is 15.5 Å². The lowest BCUT2D eigenvalue weighted by atomic mass is 10.0. The smallest absolute Gasteiger partial charge is 0.229 e. The maximum atomic E-state index is 14.1. The summed E-state index contributed by atoms with van der Waals surface area (Å²) in [5, 5.41) is 0. The summed E-state index contributed by atoms with van der Waals surface area (Å²) in [5.41, 5.74) is 5.96. The number of rotatable bonds is 68. The number of hydrogen-bond acceptors (Lipinski definition) is 5. The molecule has 486 valence electrons. The zero-order valence-corrected chi connectivity index (χ0v) is 56.2. The number of hydrogen-bond donors (Lipinski definition) is 1. The Hall–Kier alpha value is -1.96. The van der Waals surface area contributed by atoms with Crippen molar-refractivity contribution in [3.8, 4) is 0 Å². The van der Waals surface area contributed by atoms with Crippen LogP contribution in [0.1, 0.15) is 413 Å². The monoisotopic (exact) mass is 1160 g/mol. The van der Waals surface area contributed by atoms with E-state index in [1.165, 1.54) is 270 Å². The van der Waals surface area contributed by atoms with Crippen LogP contribution in [-0.4, -0.2) is 77.6 Å². The number of imide groups is 1. The third-order valence-corrected chi connectivity index (χ3v) is 17.8. The highest BCUT2D eigenvalue weighted by Gasteiger charge is 2.22. The van der Waals surface area contributed by atoms with E-state index in [0.29, 0.717) is 71.4 Å². The zero-order valence-electron chi connectivity index (χ0n) is 56.2. The lowest BCUT2D eigenvalue weighted by Crippen LogP contribution is -2.40. The van der Waals surface area contributed by atoms with Crippen molar-refractivity contribution in [2.24, 2.45) is 5.73 Å². The molecule has 0 rings (SSSR count). The van der Waals surface area contributed by atoms with Crippen LogP contribution in [-0.2, 0) is 19.2 Å². The van der Waals surface area contributed by atoms with Crippen molar-refractivity contribution in [3.05, 3.63) is 0 Å². The fourth-order valence-corrected chi connectivity index (χ4v) is 12.2. The van der Waals surface area contributed by atoms with E-state index >= 15 is 0 Å². The van der Waals surface area contributed by atoms with E-state index in [4.69, 9.17) is 5.73 Å². The van der Waals surface area contributed by atoms with Crippen LogP contribution in [0.25, 0.3) is 0 Å². The summed E-state index contributed by atoms with van der Waals surface area (Å²) in [7, 11) is 0. The first-order valence-corrected chi connectivity index (χ1v) is 37.4. The molecule has 2 N–H and O–H groups in total. The van der Waals surface area contributed by atoms with E-state index in [1.54, 1.807) is 4.90 Å². The van der Waals surface area contributed by atoms with Gasteiger partial charge in [0.2, 0.25) is 23.6 Å². The molecule has 4 amide bonds. The van der Waals surface area contributed by atoms with Gasteiger partial charge in [0.05, 0.1) is 0 Å². The van der Waals surface area contributed by atoms with E-state index in [0.717, 1.165) is 83.5 Å². The predicted octanol–water partition coefficient (Wildman–Crippen LogP) is 22.4. The molecule has 0 aromatic carbocycles. The third-order valence-electron chi connectivity index (χ3n) is 17.8. The van der Waals surface area contributed by atoms with Crippen molar-refractivity contribution in [1.82, 2.24) is 14.7 Å². The van der Waals surface area contributed by atoms with Crippen molar-refractivity contribution >= 4 is 23.6 Å². The van der Waals surface area contributed by atoms with Crippen molar-refractivity contribution < 1.29 is 19.2 Å². The largest absolute Gasteiger partial charge is 0.343 e. The fraction of sp³-hybridized carbons (Fsp3) is 0.946. The molecular weight excluding hydrogens is 1010 g/mol. The van der Waals surface area contributed by atoms with Gasteiger partial charge in [0.15, 0.2) is 0 Å². The van der Waals surface area contributed by atoms with Gasteiger partial charge in [0.1, 0.15) is 0 Å². The van der Waals surface area contributed by atoms with Crippen LogP contribution in [0.3, 0.4) is 0 Å². The molecule has 0 atom stereocenters. The number of carbonyl (C=O) groups is 4. The Balaban J connectivity index is 5.47. The Bertz CT molecular complexity index is 1300. The van der Waals surface area contributed by atoms with Gasteiger partial charge in [-0.1, -0.05) is 336 Å². The van der Waals surface area contributed by atoms with E-state index < -0.39 is 0 Å². The maximum Gasteiger partial charge on any atom is 0.229 e. The third kappa shape index (κ3) is 55.9. The Morgan fingerprint density at radius 3 is 0.610 bits per heavy atom. The van der Waals surface area contributed by atoms with Crippen LogP contribution in [0.2, 0.25) is 0 Å². The van der Waals surface area contributed by atoms with E-state index in [-0.39, 0.29) is 23.6 Å². The topological polar surface area (TPSA) is 104 Å². The molecule has 0 saturated carbocycles. The molecule has 0 bridgehead atoms.